The van der Waals surface area contributed by atoms with Gasteiger partial charge in [0.1, 0.15) is 11.6 Å². The molecular weight excluding hydrogens is 292 g/mol. The Morgan fingerprint density at radius 1 is 1.18 bits per heavy atom. The van der Waals surface area contributed by atoms with Crippen molar-refractivity contribution in [1.82, 2.24) is 10.0 Å². The number of amides is 1. The summed E-state index contributed by atoms with van der Waals surface area (Å²) in [6.07, 6.45) is -0.760. The molecule has 0 fully saturated rings. The van der Waals surface area contributed by atoms with Crippen molar-refractivity contribution in [3.8, 4) is 11.8 Å². The molecule has 1 heterocycles. The summed E-state index contributed by atoms with van der Waals surface area (Å²) in [7, 11) is 0. The van der Waals surface area contributed by atoms with Gasteiger partial charge in [-0.2, -0.15) is 0 Å². The van der Waals surface area contributed by atoms with E-state index in [9.17, 15) is 19.8 Å². The van der Waals surface area contributed by atoms with Crippen LogP contribution in [0, 0.1) is 5.92 Å². The molecule has 1 aromatic heterocycles. The normalized spacial score (nSPS) is 12.8. The second-order valence-corrected chi connectivity index (χ2v) is 6.12. The first-order valence-electron chi connectivity index (χ1n) is 6.82. The van der Waals surface area contributed by atoms with Crippen LogP contribution in [0.25, 0.3) is 0 Å². The van der Waals surface area contributed by atoms with Gasteiger partial charge in [0.2, 0.25) is 11.8 Å². The number of nitrogens with zero attached hydrogens (tertiary/aromatic N) is 1. The Morgan fingerprint density at radius 2 is 1.68 bits per heavy atom. The minimum atomic E-state index is -1.00. The number of aromatic nitrogens is 1. The highest BCUT2D eigenvalue weighted by Crippen LogP contribution is 2.19. The predicted molar refractivity (Wildman–Crippen MR) is 77.3 cm³/mol. The zero-order valence-corrected chi connectivity index (χ0v) is 13.3. The molecule has 0 aliphatic heterocycles. The molecule has 22 heavy (non-hydrogen) atoms. The highest BCUT2D eigenvalue weighted by atomic mass is 16.7. The number of hydrogen-bond donors (Lipinski definition) is 3. The molecule has 0 aliphatic rings. The summed E-state index contributed by atoms with van der Waals surface area (Å²) in [5.74, 6) is -2.02. The molecule has 0 bridgehead atoms. The van der Waals surface area contributed by atoms with Gasteiger partial charge < -0.3 is 25.1 Å². The maximum atomic E-state index is 12.1. The summed E-state index contributed by atoms with van der Waals surface area (Å²) in [6, 6.07) is 1.32. The van der Waals surface area contributed by atoms with E-state index in [0.717, 1.165) is 12.1 Å². The van der Waals surface area contributed by atoms with Crippen LogP contribution in [0.5, 0.6) is 11.8 Å². The van der Waals surface area contributed by atoms with Gasteiger partial charge in [-0.3, -0.25) is 0 Å². The third-order valence-corrected chi connectivity index (χ3v) is 2.57. The maximum absolute atomic E-state index is 12.1. The van der Waals surface area contributed by atoms with Crippen molar-refractivity contribution < 1.29 is 29.4 Å². The zero-order chi connectivity index (χ0) is 17.1. The first-order valence-corrected chi connectivity index (χ1v) is 6.82. The van der Waals surface area contributed by atoms with Crippen LogP contribution in [0.4, 0.5) is 4.79 Å². The van der Waals surface area contributed by atoms with E-state index in [1.807, 2.05) is 0 Å². The Balaban J connectivity index is 2.79. The molecule has 8 heteroatoms. The molecule has 124 valence electrons. The van der Waals surface area contributed by atoms with Crippen LogP contribution in [0.2, 0.25) is 0 Å². The summed E-state index contributed by atoms with van der Waals surface area (Å²) >= 11 is 0. The van der Waals surface area contributed by atoms with Crippen LogP contribution in [-0.4, -0.2) is 38.6 Å². The lowest BCUT2D eigenvalue weighted by Gasteiger charge is -2.24. The Kier molecular flexibility index (Phi) is 5.29. The van der Waals surface area contributed by atoms with Crippen LogP contribution < -0.4 is 10.2 Å². The first-order chi connectivity index (χ1) is 10.0. The standard InChI is InChI=1S/C14H22N2O6/c1-8(2)11(15-13(20)21-14(3,4)5)12(19)22-16-9(17)6-7-10(16)18/h6-8,11,17-18H,1-5H3,(H,15,20). The van der Waals surface area contributed by atoms with E-state index < -0.39 is 35.5 Å². The van der Waals surface area contributed by atoms with Crippen LogP contribution in [0.1, 0.15) is 34.6 Å². The van der Waals surface area contributed by atoms with E-state index in [1.54, 1.807) is 34.6 Å². The molecule has 8 nitrogen and oxygen atoms in total. The fraction of sp³-hybridized carbons (Fsp3) is 0.571. The average Bonchev–Trinajstić information content (AvgIpc) is 2.65. The molecule has 1 aromatic rings. The second-order valence-electron chi connectivity index (χ2n) is 6.12. The lowest BCUT2D eigenvalue weighted by atomic mass is 10.1. The molecule has 0 radical (unpaired) electrons. The number of carbonyl (C=O) groups is 2. The number of ether oxygens (including phenoxy) is 1. The van der Waals surface area contributed by atoms with Crippen LogP contribution in [0.15, 0.2) is 12.1 Å². The quantitative estimate of drug-likeness (QED) is 0.775. The number of rotatable bonds is 4. The molecule has 1 atom stereocenters. The van der Waals surface area contributed by atoms with Crippen LogP contribution in [-0.2, 0) is 9.53 Å². The minimum Gasteiger partial charge on any atom is -0.492 e. The van der Waals surface area contributed by atoms with Crippen molar-refractivity contribution in [2.45, 2.75) is 46.3 Å². The molecule has 0 aromatic carbocycles. The van der Waals surface area contributed by atoms with Crippen molar-refractivity contribution in [2.24, 2.45) is 5.92 Å². The monoisotopic (exact) mass is 314 g/mol. The second kappa shape index (κ2) is 6.59. The molecule has 0 saturated heterocycles. The molecule has 0 aliphatic carbocycles. The number of carbonyl (C=O) groups excluding carboxylic acids is 2. The number of alkyl carbamates (subject to hydrolysis) is 1. The highest BCUT2D eigenvalue weighted by Gasteiger charge is 2.29. The third-order valence-electron chi connectivity index (χ3n) is 2.57. The van der Waals surface area contributed by atoms with Gasteiger partial charge in [0.05, 0.1) is 0 Å². The van der Waals surface area contributed by atoms with Gasteiger partial charge in [0, 0.05) is 12.1 Å². The van der Waals surface area contributed by atoms with Gasteiger partial charge in [-0.1, -0.05) is 13.8 Å². The SMILES string of the molecule is CC(C)C(NC(=O)OC(C)(C)C)C(=O)On1c(O)ccc1O. The Morgan fingerprint density at radius 3 is 2.09 bits per heavy atom. The van der Waals surface area contributed by atoms with Crippen molar-refractivity contribution in [3.63, 3.8) is 0 Å². The minimum absolute atomic E-state index is 0.292. The Bertz CT molecular complexity index is 525. The third kappa shape index (κ3) is 4.87. The molecule has 1 rings (SSSR count). The Hall–Kier alpha value is -2.38. The predicted octanol–water partition coefficient (Wildman–Crippen LogP) is 1.40. The van der Waals surface area contributed by atoms with Crippen molar-refractivity contribution in [1.29, 1.82) is 0 Å². The largest absolute Gasteiger partial charge is 0.492 e. The van der Waals surface area contributed by atoms with Gasteiger partial charge in [-0.25, -0.2) is 9.59 Å². The highest BCUT2D eigenvalue weighted by molar-refractivity contribution is 5.82. The molecule has 0 saturated carbocycles. The van der Waals surface area contributed by atoms with Gasteiger partial charge in [0.15, 0.2) is 0 Å². The molecule has 0 spiro atoms. The van der Waals surface area contributed by atoms with Gasteiger partial charge in [0.25, 0.3) is 0 Å². The van der Waals surface area contributed by atoms with Gasteiger partial charge in [-0.05, 0) is 26.7 Å². The smallest absolute Gasteiger partial charge is 0.408 e. The summed E-state index contributed by atoms with van der Waals surface area (Å²) in [5, 5.41) is 21.3. The maximum Gasteiger partial charge on any atom is 0.408 e. The molecular formula is C14H22N2O6. The lowest BCUT2D eigenvalue weighted by Crippen LogP contribution is -2.49. The van der Waals surface area contributed by atoms with Gasteiger partial charge >= 0.3 is 12.1 Å². The van der Waals surface area contributed by atoms with E-state index in [0.29, 0.717) is 4.73 Å². The first kappa shape index (κ1) is 17.7. The number of aromatic hydroxyl groups is 2. The summed E-state index contributed by atoms with van der Waals surface area (Å²) < 4.78 is 5.65. The molecule has 3 N–H and O–H groups in total. The van der Waals surface area contributed by atoms with Crippen LogP contribution in [0.3, 0.4) is 0 Å². The summed E-state index contributed by atoms with van der Waals surface area (Å²) in [6.45, 7) is 8.51. The van der Waals surface area contributed by atoms with E-state index in [1.165, 1.54) is 0 Å². The lowest BCUT2D eigenvalue weighted by molar-refractivity contribution is -0.149. The van der Waals surface area contributed by atoms with Crippen LogP contribution >= 0.6 is 0 Å². The molecule has 1 unspecified atom stereocenters. The van der Waals surface area contributed by atoms with Gasteiger partial charge in [-0.15, -0.1) is 4.73 Å². The van der Waals surface area contributed by atoms with Crippen molar-refractivity contribution in [2.75, 3.05) is 0 Å². The summed E-state index contributed by atoms with van der Waals surface area (Å²) in [5.41, 5.74) is -0.702. The summed E-state index contributed by atoms with van der Waals surface area (Å²) in [4.78, 5) is 28.8. The van der Waals surface area contributed by atoms with E-state index in [2.05, 4.69) is 5.32 Å². The fourth-order valence-electron chi connectivity index (χ4n) is 1.57. The average molecular weight is 314 g/mol. The van der Waals surface area contributed by atoms with Crippen molar-refractivity contribution >= 4 is 12.1 Å². The topological polar surface area (TPSA) is 110 Å². The van der Waals surface area contributed by atoms with Crippen molar-refractivity contribution in [3.05, 3.63) is 12.1 Å². The Labute approximate surface area is 128 Å². The number of nitrogens with one attached hydrogen (secondary N) is 1. The number of hydrogen-bond acceptors (Lipinski definition) is 6. The van der Waals surface area contributed by atoms with E-state index >= 15 is 0 Å². The van der Waals surface area contributed by atoms with E-state index in [-0.39, 0.29) is 5.92 Å². The van der Waals surface area contributed by atoms with E-state index in [4.69, 9.17) is 9.57 Å². The molecule has 1 amide bonds. The fourth-order valence-corrected chi connectivity index (χ4v) is 1.57. The zero-order valence-electron chi connectivity index (χ0n) is 13.3.